The third kappa shape index (κ3) is 6.03. The Morgan fingerprint density at radius 1 is 1.00 bits per heavy atom. The van der Waals surface area contributed by atoms with Crippen LogP contribution in [0.3, 0.4) is 0 Å². The summed E-state index contributed by atoms with van der Waals surface area (Å²) >= 11 is 6.10. The number of hydrogen-bond acceptors (Lipinski definition) is 4. The molecule has 4 amide bonds. The molecule has 0 aromatic heterocycles. The number of amides is 4. The molecule has 0 aliphatic carbocycles. The summed E-state index contributed by atoms with van der Waals surface area (Å²) in [6.07, 6.45) is 0.395. The largest absolute Gasteiger partial charge is 0.354 e. The number of fused-ring (bicyclic) bond motifs is 1. The third-order valence-corrected chi connectivity index (χ3v) is 5.98. The average molecular weight is 484 g/mol. The Balaban J connectivity index is 1.66. The number of hydrogen-bond donors (Lipinski definition) is 1. The highest BCUT2D eigenvalue weighted by atomic mass is 35.5. The van der Waals surface area contributed by atoms with E-state index in [9.17, 15) is 19.2 Å². The van der Waals surface area contributed by atoms with E-state index in [0.29, 0.717) is 29.1 Å². The predicted octanol–water partition coefficient (Wildman–Crippen LogP) is 3.91. The molecule has 0 bridgehead atoms. The summed E-state index contributed by atoms with van der Waals surface area (Å²) < 4.78 is 0. The molecule has 0 saturated carbocycles. The van der Waals surface area contributed by atoms with Gasteiger partial charge >= 0.3 is 0 Å². The third-order valence-electron chi connectivity index (χ3n) is 5.74. The van der Waals surface area contributed by atoms with Crippen molar-refractivity contribution < 1.29 is 19.2 Å². The molecule has 7 nitrogen and oxygen atoms in total. The van der Waals surface area contributed by atoms with Crippen LogP contribution in [0.4, 0.5) is 0 Å². The Labute approximate surface area is 205 Å². The zero-order valence-electron chi connectivity index (χ0n) is 19.7. The molecule has 0 saturated heterocycles. The van der Waals surface area contributed by atoms with Crippen molar-refractivity contribution in [3.05, 3.63) is 70.2 Å². The van der Waals surface area contributed by atoms with Gasteiger partial charge in [0.15, 0.2) is 0 Å². The molecule has 1 N–H and O–H groups in total. The van der Waals surface area contributed by atoms with E-state index in [1.54, 1.807) is 49.4 Å². The summed E-state index contributed by atoms with van der Waals surface area (Å²) in [6, 6.07) is 13.2. The van der Waals surface area contributed by atoms with Crippen molar-refractivity contribution in [2.45, 2.75) is 46.2 Å². The molecule has 8 heteroatoms. The van der Waals surface area contributed by atoms with Gasteiger partial charge in [0.05, 0.1) is 11.1 Å². The lowest BCUT2D eigenvalue weighted by molar-refractivity contribution is -0.140. The van der Waals surface area contributed by atoms with E-state index in [1.807, 2.05) is 19.9 Å². The molecule has 1 aliphatic heterocycles. The van der Waals surface area contributed by atoms with E-state index in [1.165, 1.54) is 9.80 Å². The van der Waals surface area contributed by atoms with Gasteiger partial charge in [-0.1, -0.05) is 49.7 Å². The summed E-state index contributed by atoms with van der Waals surface area (Å²) in [5, 5.41) is 3.43. The maximum absolute atomic E-state index is 13.2. The van der Waals surface area contributed by atoms with Crippen molar-refractivity contribution >= 4 is 35.2 Å². The molecule has 180 valence electrons. The van der Waals surface area contributed by atoms with E-state index in [-0.39, 0.29) is 49.1 Å². The van der Waals surface area contributed by atoms with Gasteiger partial charge in [-0.3, -0.25) is 24.1 Å². The van der Waals surface area contributed by atoms with Crippen molar-refractivity contribution in [3.63, 3.8) is 0 Å². The standard InChI is InChI=1S/C26H30ClN3O4/c1-17(2)15-28-24(32)18(3)30(16-19-8-6-9-20(27)14-19)23(31)12-7-13-29-25(33)21-10-4-5-11-22(21)26(29)34/h4-6,8-11,14,17-18H,7,12-13,15-16H2,1-3H3,(H,28,32)/t18-/m0/s1. The Kier molecular flexibility index (Phi) is 8.45. The summed E-state index contributed by atoms with van der Waals surface area (Å²) in [5.41, 5.74) is 1.58. The Morgan fingerprint density at radius 2 is 1.65 bits per heavy atom. The molecule has 0 radical (unpaired) electrons. The van der Waals surface area contributed by atoms with Crippen LogP contribution < -0.4 is 5.32 Å². The second kappa shape index (κ2) is 11.3. The summed E-state index contributed by atoms with van der Waals surface area (Å²) in [7, 11) is 0. The van der Waals surface area contributed by atoms with Gasteiger partial charge in [-0.15, -0.1) is 0 Å². The summed E-state index contributed by atoms with van der Waals surface area (Å²) in [6.45, 7) is 6.57. The van der Waals surface area contributed by atoms with Gasteiger partial charge in [0, 0.05) is 31.1 Å². The van der Waals surface area contributed by atoms with Gasteiger partial charge in [-0.05, 0) is 49.1 Å². The van der Waals surface area contributed by atoms with Crippen molar-refractivity contribution in [3.8, 4) is 0 Å². The average Bonchev–Trinajstić information content (AvgIpc) is 3.05. The first-order valence-corrected chi connectivity index (χ1v) is 11.8. The zero-order chi connectivity index (χ0) is 24.8. The quantitative estimate of drug-likeness (QED) is 0.519. The number of benzene rings is 2. The van der Waals surface area contributed by atoms with E-state index >= 15 is 0 Å². The van der Waals surface area contributed by atoms with Gasteiger partial charge in [-0.2, -0.15) is 0 Å². The lowest BCUT2D eigenvalue weighted by Crippen LogP contribution is -2.48. The molecular formula is C26H30ClN3O4. The number of nitrogens with zero attached hydrogens (tertiary/aromatic N) is 2. The smallest absolute Gasteiger partial charge is 0.261 e. The molecule has 0 fully saturated rings. The highest BCUT2D eigenvalue weighted by molar-refractivity contribution is 6.30. The molecule has 2 aromatic rings. The molecule has 1 aliphatic rings. The molecular weight excluding hydrogens is 454 g/mol. The number of halogens is 1. The van der Waals surface area contributed by atoms with E-state index in [2.05, 4.69) is 5.32 Å². The second-order valence-electron chi connectivity index (χ2n) is 8.88. The van der Waals surface area contributed by atoms with Crippen molar-refractivity contribution in [1.82, 2.24) is 15.1 Å². The lowest BCUT2D eigenvalue weighted by Gasteiger charge is -2.29. The first-order chi connectivity index (χ1) is 16.2. The van der Waals surface area contributed by atoms with Crippen LogP contribution >= 0.6 is 11.6 Å². The second-order valence-corrected chi connectivity index (χ2v) is 9.31. The molecule has 0 unspecified atom stereocenters. The van der Waals surface area contributed by atoms with Crippen LogP contribution in [0.5, 0.6) is 0 Å². The highest BCUT2D eigenvalue weighted by Crippen LogP contribution is 2.23. The fraction of sp³-hybridized carbons (Fsp3) is 0.385. The van der Waals surface area contributed by atoms with Crippen LogP contribution in [0.15, 0.2) is 48.5 Å². The van der Waals surface area contributed by atoms with Crippen LogP contribution in [-0.2, 0) is 16.1 Å². The highest BCUT2D eigenvalue weighted by Gasteiger charge is 2.35. The van der Waals surface area contributed by atoms with Crippen LogP contribution in [0.1, 0.15) is 59.9 Å². The fourth-order valence-corrected chi connectivity index (χ4v) is 4.05. The molecule has 1 atom stereocenters. The minimum Gasteiger partial charge on any atom is -0.354 e. The summed E-state index contributed by atoms with van der Waals surface area (Å²) in [5.74, 6) is -0.864. The van der Waals surface area contributed by atoms with Gasteiger partial charge < -0.3 is 10.2 Å². The lowest BCUT2D eigenvalue weighted by atomic mass is 10.1. The summed E-state index contributed by atoms with van der Waals surface area (Å²) in [4.78, 5) is 53.7. The number of rotatable bonds is 10. The zero-order valence-corrected chi connectivity index (χ0v) is 20.5. The molecule has 0 spiro atoms. The maximum atomic E-state index is 13.2. The SMILES string of the molecule is CC(C)CNC(=O)[C@H](C)N(Cc1cccc(Cl)c1)C(=O)CCCN1C(=O)c2ccccc2C1=O. The van der Waals surface area contributed by atoms with Crippen LogP contribution in [0, 0.1) is 5.92 Å². The van der Waals surface area contributed by atoms with Crippen molar-refractivity contribution in [2.24, 2.45) is 5.92 Å². The van der Waals surface area contributed by atoms with Gasteiger partial charge in [0.2, 0.25) is 11.8 Å². The maximum Gasteiger partial charge on any atom is 0.261 e. The van der Waals surface area contributed by atoms with E-state index < -0.39 is 6.04 Å². The topological polar surface area (TPSA) is 86.8 Å². The molecule has 3 rings (SSSR count). The predicted molar refractivity (Wildman–Crippen MR) is 130 cm³/mol. The normalized spacial score (nSPS) is 13.7. The van der Waals surface area contributed by atoms with E-state index in [4.69, 9.17) is 11.6 Å². The fourth-order valence-electron chi connectivity index (χ4n) is 3.84. The minimum atomic E-state index is -0.690. The van der Waals surface area contributed by atoms with Gasteiger partial charge in [-0.25, -0.2) is 0 Å². The molecule has 34 heavy (non-hydrogen) atoms. The molecule has 2 aromatic carbocycles. The first kappa shape index (κ1) is 25.4. The number of carbonyl (C=O) groups excluding carboxylic acids is 4. The van der Waals surface area contributed by atoms with Crippen molar-refractivity contribution in [1.29, 1.82) is 0 Å². The first-order valence-electron chi connectivity index (χ1n) is 11.5. The van der Waals surface area contributed by atoms with Crippen LogP contribution in [0.25, 0.3) is 0 Å². The number of nitrogens with one attached hydrogen (secondary N) is 1. The van der Waals surface area contributed by atoms with Crippen molar-refractivity contribution in [2.75, 3.05) is 13.1 Å². The van der Waals surface area contributed by atoms with E-state index in [0.717, 1.165) is 5.56 Å². The van der Waals surface area contributed by atoms with Crippen LogP contribution in [0.2, 0.25) is 5.02 Å². The Hall–Kier alpha value is -3.19. The van der Waals surface area contributed by atoms with Gasteiger partial charge in [0.1, 0.15) is 6.04 Å². The molecule has 1 heterocycles. The Bertz CT molecular complexity index is 1050. The number of carbonyl (C=O) groups is 4. The monoisotopic (exact) mass is 483 g/mol. The van der Waals surface area contributed by atoms with Crippen LogP contribution in [-0.4, -0.2) is 52.6 Å². The Morgan fingerprint density at radius 3 is 2.24 bits per heavy atom. The minimum absolute atomic E-state index is 0.0930. The van der Waals surface area contributed by atoms with Gasteiger partial charge in [0.25, 0.3) is 11.8 Å². The number of imide groups is 1.